The minimum atomic E-state index is 0.141. The SMILES string of the molecule is CCN(CC)C(=O)CC(CN)N(C)C(C)CC(C)C. The molecule has 2 unspecified atom stereocenters. The average molecular weight is 271 g/mol. The van der Waals surface area contributed by atoms with Gasteiger partial charge in [0.05, 0.1) is 0 Å². The van der Waals surface area contributed by atoms with Gasteiger partial charge in [-0.15, -0.1) is 0 Å². The van der Waals surface area contributed by atoms with Gasteiger partial charge in [0.2, 0.25) is 5.91 Å². The molecule has 0 aliphatic heterocycles. The van der Waals surface area contributed by atoms with E-state index in [0.29, 0.717) is 24.9 Å². The number of carbonyl (C=O) groups excluding carboxylic acids is 1. The summed E-state index contributed by atoms with van der Waals surface area (Å²) in [7, 11) is 2.08. The van der Waals surface area contributed by atoms with Crippen molar-refractivity contribution in [3.05, 3.63) is 0 Å². The first-order chi connectivity index (χ1) is 8.87. The Morgan fingerprint density at radius 3 is 2.05 bits per heavy atom. The summed E-state index contributed by atoms with van der Waals surface area (Å²) < 4.78 is 0. The highest BCUT2D eigenvalue weighted by Gasteiger charge is 2.23. The predicted octanol–water partition coefficient (Wildman–Crippen LogP) is 1.94. The number of nitrogens with zero attached hydrogens (tertiary/aromatic N) is 2. The molecule has 2 atom stereocenters. The van der Waals surface area contributed by atoms with Crippen LogP contribution in [0.2, 0.25) is 0 Å². The van der Waals surface area contributed by atoms with Crippen LogP contribution in [0.5, 0.6) is 0 Å². The maximum absolute atomic E-state index is 12.2. The van der Waals surface area contributed by atoms with E-state index in [4.69, 9.17) is 5.73 Å². The fourth-order valence-corrected chi connectivity index (χ4v) is 2.51. The van der Waals surface area contributed by atoms with Crippen LogP contribution in [0.4, 0.5) is 0 Å². The number of hydrogen-bond acceptors (Lipinski definition) is 3. The Labute approximate surface area is 119 Å². The first-order valence-corrected chi connectivity index (χ1v) is 7.56. The molecular formula is C15H33N3O. The minimum absolute atomic E-state index is 0.141. The van der Waals surface area contributed by atoms with Crippen molar-refractivity contribution in [3.8, 4) is 0 Å². The molecule has 0 fully saturated rings. The van der Waals surface area contributed by atoms with Crippen molar-refractivity contribution in [2.24, 2.45) is 11.7 Å². The summed E-state index contributed by atoms with van der Waals surface area (Å²) in [5.41, 5.74) is 5.86. The molecule has 4 heteroatoms. The Morgan fingerprint density at radius 2 is 1.68 bits per heavy atom. The maximum atomic E-state index is 12.2. The van der Waals surface area contributed by atoms with Gasteiger partial charge in [-0.25, -0.2) is 0 Å². The Balaban J connectivity index is 4.52. The second kappa shape index (κ2) is 9.32. The molecule has 0 aliphatic carbocycles. The van der Waals surface area contributed by atoms with Crippen molar-refractivity contribution in [3.63, 3.8) is 0 Å². The molecule has 0 aliphatic rings. The van der Waals surface area contributed by atoms with Gasteiger partial charge in [-0.05, 0) is 40.2 Å². The van der Waals surface area contributed by atoms with Crippen LogP contribution in [-0.4, -0.2) is 54.5 Å². The smallest absolute Gasteiger partial charge is 0.224 e. The van der Waals surface area contributed by atoms with E-state index in [1.807, 2.05) is 18.7 Å². The Kier molecular flexibility index (Phi) is 9.02. The molecule has 0 aromatic carbocycles. The van der Waals surface area contributed by atoms with Crippen molar-refractivity contribution in [2.45, 2.75) is 59.5 Å². The van der Waals surface area contributed by atoms with Gasteiger partial charge in [-0.3, -0.25) is 9.69 Å². The van der Waals surface area contributed by atoms with Gasteiger partial charge < -0.3 is 10.6 Å². The lowest BCUT2D eigenvalue weighted by Gasteiger charge is -2.34. The first kappa shape index (κ1) is 18.4. The zero-order valence-corrected chi connectivity index (χ0v) is 13.6. The molecule has 4 nitrogen and oxygen atoms in total. The Bertz CT molecular complexity index is 252. The molecule has 0 rings (SSSR count). The number of nitrogens with two attached hydrogens (primary N) is 1. The summed E-state index contributed by atoms with van der Waals surface area (Å²) in [6.07, 6.45) is 1.66. The van der Waals surface area contributed by atoms with Gasteiger partial charge in [-0.1, -0.05) is 13.8 Å². The molecular weight excluding hydrogens is 238 g/mol. The molecule has 0 heterocycles. The third kappa shape index (κ3) is 6.39. The van der Waals surface area contributed by atoms with Gasteiger partial charge in [0.15, 0.2) is 0 Å². The number of likely N-dealkylation sites (N-methyl/N-ethyl adjacent to an activating group) is 1. The molecule has 0 bridgehead atoms. The monoisotopic (exact) mass is 271 g/mol. The van der Waals surface area contributed by atoms with Crippen LogP contribution in [0.1, 0.15) is 47.5 Å². The minimum Gasteiger partial charge on any atom is -0.343 e. The normalized spacial score (nSPS) is 14.8. The standard InChI is InChI=1S/C15H33N3O/c1-7-18(8-2)15(19)10-14(11-16)17(6)13(5)9-12(3)4/h12-14H,7-11,16H2,1-6H3. The van der Waals surface area contributed by atoms with E-state index < -0.39 is 0 Å². The predicted molar refractivity (Wildman–Crippen MR) is 82.1 cm³/mol. The van der Waals surface area contributed by atoms with Crippen molar-refractivity contribution in [2.75, 3.05) is 26.7 Å². The molecule has 0 spiro atoms. The van der Waals surface area contributed by atoms with Crippen LogP contribution in [0.15, 0.2) is 0 Å². The highest BCUT2D eigenvalue weighted by atomic mass is 16.2. The van der Waals surface area contributed by atoms with E-state index in [0.717, 1.165) is 19.5 Å². The number of hydrogen-bond donors (Lipinski definition) is 1. The van der Waals surface area contributed by atoms with Crippen LogP contribution in [-0.2, 0) is 4.79 Å². The fourth-order valence-electron chi connectivity index (χ4n) is 2.51. The lowest BCUT2D eigenvalue weighted by molar-refractivity contribution is -0.132. The molecule has 2 N–H and O–H groups in total. The summed E-state index contributed by atoms with van der Waals surface area (Å²) in [6.45, 7) is 12.8. The quantitative estimate of drug-likeness (QED) is 0.697. The van der Waals surface area contributed by atoms with E-state index in [1.165, 1.54) is 0 Å². The first-order valence-electron chi connectivity index (χ1n) is 7.56. The van der Waals surface area contributed by atoms with E-state index in [1.54, 1.807) is 0 Å². The molecule has 0 radical (unpaired) electrons. The number of rotatable bonds is 9. The largest absolute Gasteiger partial charge is 0.343 e. The lowest BCUT2D eigenvalue weighted by Crippen LogP contribution is -2.46. The summed E-state index contributed by atoms with van der Waals surface area (Å²) in [4.78, 5) is 16.3. The average Bonchev–Trinajstić information content (AvgIpc) is 2.35. The second-order valence-corrected chi connectivity index (χ2v) is 5.80. The van der Waals surface area contributed by atoms with E-state index in [2.05, 4.69) is 32.7 Å². The maximum Gasteiger partial charge on any atom is 0.224 e. The van der Waals surface area contributed by atoms with Crippen LogP contribution >= 0.6 is 0 Å². The van der Waals surface area contributed by atoms with Crippen LogP contribution < -0.4 is 5.73 Å². The van der Waals surface area contributed by atoms with Crippen LogP contribution in [0.3, 0.4) is 0 Å². The molecule has 19 heavy (non-hydrogen) atoms. The highest BCUT2D eigenvalue weighted by molar-refractivity contribution is 5.76. The zero-order chi connectivity index (χ0) is 15.0. The molecule has 1 amide bonds. The van der Waals surface area contributed by atoms with Crippen molar-refractivity contribution in [1.29, 1.82) is 0 Å². The molecule has 0 aromatic rings. The Morgan fingerprint density at radius 1 is 1.16 bits per heavy atom. The lowest BCUT2D eigenvalue weighted by atomic mass is 10.0. The van der Waals surface area contributed by atoms with Gasteiger partial charge in [0.25, 0.3) is 0 Å². The summed E-state index contributed by atoms with van der Waals surface area (Å²) in [5.74, 6) is 0.874. The summed E-state index contributed by atoms with van der Waals surface area (Å²) in [6, 6.07) is 0.597. The molecule has 0 aromatic heterocycles. The highest BCUT2D eigenvalue weighted by Crippen LogP contribution is 2.14. The van der Waals surface area contributed by atoms with Crippen LogP contribution in [0, 0.1) is 5.92 Å². The molecule has 0 saturated heterocycles. The fraction of sp³-hybridized carbons (Fsp3) is 0.933. The Hall–Kier alpha value is -0.610. The molecule has 0 saturated carbocycles. The van der Waals surface area contributed by atoms with Crippen LogP contribution in [0.25, 0.3) is 0 Å². The molecule has 114 valence electrons. The van der Waals surface area contributed by atoms with Gasteiger partial charge in [-0.2, -0.15) is 0 Å². The van der Waals surface area contributed by atoms with E-state index in [9.17, 15) is 4.79 Å². The van der Waals surface area contributed by atoms with Gasteiger partial charge in [0.1, 0.15) is 0 Å². The summed E-state index contributed by atoms with van der Waals surface area (Å²) in [5, 5.41) is 0. The topological polar surface area (TPSA) is 49.6 Å². The van der Waals surface area contributed by atoms with E-state index >= 15 is 0 Å². The zero-order valence-electron chi connectivity index (χ0n) is 13.6. The van der Waals surface area contributed by atoms with Gasteiger partial charge >= 0.3 is 0 Å². The van der Waals surface area contributed by atoms with Crippen molar-refractivity contribution < 1.29 is 4.79 Å². The number of amides is 1. The van der Waals surface area contributed by atoms with E-state index in [-0.39, 0.29) is 11.9 Å². The van der Waals surface area contributed by atoms with Gasteiger partial charge in [0, 0.05) is 38.1 Å². The summed E-state index contributed by atoms with van der Waals surface area (Å²) >= 11 is 0. The number of carbonyl (C=O) groups is 1. The third-order valence-electron chi connectivity index (χ3n) is 3.88. The second-order valence-electron chi connectivity index (χ2n) is 5.80. The third-order valence-corrected chi connectivity index (χ3v) is 3.88. The van der Waals surface area contributed by atoms with Crippen molar-refractivity contribution in [1.82, 2.24) is 9.80 Å². The van der Waals surface area contributed by atoms with Crippen molar-refractivity contribution >= 4 is 5.91 Å².